The van der Waals surface area contributed by atoms with Gasteiger partial charge in [0.25, 0.3) is 5.91 Å². The molecule has 5 heteroatoms. The molecule has 2 rings (SSSR count). The van der Waals surface area contributed by atoms with E-state index in [4.69, 9.17) is 10.3 Å². The van der Waals surface area contributed by atoms with Crippen molar-refractivity contribution in [3.8, 4) is 0 Å². The van der Waals surface area contributed by atoms with E-state index >= 15 is 0 Å². The van der Waals surface area contributed by atoms with Gasteiger partial charge in [0, 0.05) is 25.1 Å². The predicted molar refractivity (Wildman–Crippen MR) is 68.3 cm³/mol. The number of nitrogens with two attached hydrogens (primary N) is 1. The van der Waals surface area contributed by atoms with E-state index in [0.717, 1.165) is 31.6 Å². The molecule has 1 aliphatic rings. The highest BCUT2D eigenvalue weighted by atomic mass is 16.5. The summed E-state index contributed by atoms with van der Waals surface area (Å²) in [5, 5.41) is 3.97. The van der Waals surface area contributed by atoms with Crippen LogP contribution in [-0.2, 0) is 0 Å². The molecule has 2 atom stereocenters. The van der Waals surface area contributed by atoms with Gasteiger partial charge in [-0.2, -0.15) is 0 Å². The van der Waals surface area contributed by atoms with Crippen LogP contribution in [0.15, 0.2) is 10.6 Å². The Morgan fingerprint density at radius 1 is 1.72 bits per heavy atom. The molecule has 0 unspecified atom stereocenters. The predicted octanol–water partition coefficient (Wildman–Crippen LogP) is 1.61. The van der Waals surface area contributed by atoms with Gasteiger partial charge in [-0.05, 0) is 25.3 Å². The number of aromatic nitrogens is 1. The Morgan fingerprint density at radius 2 is 2.50 bits per heavy atom. The Kier molecular flexibility index (Phi) is 4.01. The molecule has 100 valence electrons. The fourth-order valence-corrected chi connectivity index (χ4v) is 2.20. The van der Waals surface area contributed by atoms with Gasteiger partial charge in [-0.25, -0.2) is 0 Å². The highest BCUT2D eigenvalue weighted by molar-refractivity contribution is 5.91. The van der Waals surface area contributed by atoms with E-state index in [1.165, 1.54) is 0 Å². The summed E-state index contributed by atoms with van der Waals surface area (Å²) in [6, 6.07) is 1.77. The van der Waals surface area contributed by atoms with Gasteiger partial charge in [0.2, 0.25) is 5.76 Å². The van der Waals surface area contributed by atoms with Crippen molar-refractivity contribution in [3.63, 3.8) is 0 Å². The summed E-state index contributed by atoms with van der Waals surface area (Å²) in [7, 11) is 0. The molecule has 1 aliphatic heterocycles. The Labute approximate surface area is 107 Å². The minimum atomic E-state index is -0.0620. The van der Waals surface area contributed by atoms with Crippen molar-refractivity contribution >= 4 is 5.91 Å². The summed E-state index contributed by atoms with van der Waals surface area (Å²) >= 11 is 0. The first kappa shape index (κ1) is 13.1. The lowest BCUT2D eigenvalue weighted by molar-refractivity contribution is 0.0746. The minimum absolute atomic E-state index is 0.0620. The molecule has 2 N–H and O–H groups in total. The number of nitrogens with zero attached hydrogens (tertiary/aromatic N) is 2. The van der Waals surface area contributed by atoms with Crippen molar-refractivity contribution in [1.29, 1.82) is 0 Å². The van der Waals surface area contributed by atoms with Gasteiger partial charge in [0.1, 0.15) is 0 Å². The average Bonchev–Trinajstić information content (AvgIpc) is 3.05. The molecule has 2 heterocycles. The van der Waals surface area contributed by atoms with Crippen molar-refractivity contribution in [3.05, 3.63) is 17.5 Å². The number of amides is 1. The normalized spacial score (nSPS) is 21.3. The zero-order valence-electron chi connectivity index (χ0n) is 11.1. The lowest BCUT2D eigenvalue weighted by Gasteiger charge is -2.13. The first-order chi connectivity index (χ1) is 8.65. The van der Waals surface area contributed by atoms with Crippen LogP contribution in [0.4, 0.5) is 0 Å². The Balaban J connectivity index is 2.03. The highest BCUT2D eigenvalue weighted by Crippen LogP contribution is 2.21. The number of carbonyl (C=O) groups is 1. The maximum Gasteiger partial charge on any atom is 0.292 e. The second kappa shape index (κ2) is 5.52. The molecule has 0 saturated carbocycles. The largest absolute Gasteiger partial charge is 0.351 e. The lowest BCUT2D eigenvalue weighted by Crippen LogP contribution is -2.29. The molecule has 1 amide bonds. The van der Waals surface area contributed by atoms with E-state index in [1.54, 1.807) is 11.0 Å². The fraction of sp³-hybridized carbons (Fsp3) is 0.692. The summed E-state index contributed by atoms with van der Waals surface area (Å²) < 4.78 is 5.16. The summed E-state index contributed by atoms with van der Waals surface area (Å²) in [5.41, 5.74) is 6.48. The average molecular weight is 251 g/mol. The highest BCUT2D eigenvalue weighted by Gasteiger charge is 2.28. The van der Waals surface area contributed by atoms with E-state index in [9.17, 15) is 4.79 Å². The molecular formula is C13H21N3O2. The molecule has 5 nitrogen and oxygen atoms in total. The Morgan fingerprint density at radius 3 is 3.11 bits per heavy atom. The number of rotatable bonds is 4. The maximum atomic E-state index is 12.2. The molecule has 18 heavy (non-hydrogen) atoms. The van der Waals surface area contributed by atoms with Crippen LogP contribution in [0.1, 0.15) is 48.9 Å². The first-order valence-electron chi connectivity index (χ1n) is 6.61. The lowest BCUT2D eigenvalue weighted by atomic mass is 10.1. The number of carbonyl (C=O) groups excluding carboxylic acids is 1. The third kappa shape index (κ3) is 2.56. The smallest absolute Gasteiger partial charge is 0.292 e. The van der Waals surface area contributed by atoms with Gasteiger partial charge in [-0.1, -0.05) is 19.0 Å². The van der Waals surface area contributed by atoms with Gasteiger partial charge in [-0.3, -0.25) is 4.79 Å². The zero-order chi connectivity index (χ0) is 13.1. The number of hydrogen-bond donors (Lipinski definition) is 1. The van der Waals surface area contributed by atoms with Crippen molar-refractivity contribution < 1.29 is 9.32 Å². The molecule has 0 spiro atoms. The van der Waals surface area contributed by atoms with Crippen molar-refractivity contribution in [1.82, 2.24) is 10.1 Å². The van der Waals surface area contributed by atoms with Crippen LogP contribution in [0.2, 0.25) is 0 Å². The van der Waals surface area contributed by atoms with Crippen LogP contribution in [0.25, 0.3) is 0 Å². The van der Waals surface area contributed by atoms with E-state index in [-0.39, 0.29) is 5.91 Å². The van der Waals surface area contributed by atoms with E-state index in [0.29, 0.717) is 24.1 Å². The summed E-state index contributed by atoms with van der Waals surface area (Å²) in [5.74, 6) is 1.03. The van der Waals surface area contributed by atoms with Gasteiger partial charge in [-0.15, -0.1) is 0 Å². The van der Waals surface area contributed by atoms with Crippen molar-refractivity contribution in [2.75, 3.05) is 19.6 Å². The second-order valence-corrected chi connectivity index (χ2v) is 5.07. The van der Waals surface area contributed by atoms with Crippen LogP contribution < -0.4 is 5.73 Å². The van der Waals surface area contributed by atoms with Crippen molar-refractivity contribution in [2.24, 2.45) is 11.7 Å². The molecule has 1 saturated heterocycles. The number of hydrogen-bond acceptors (Lipinski definition) is 4. The van der Waals surface area contributed by atoms with E-state index in [2.05, 4.69) is 19.0 Å². The van der Waals surface area contributed by atoms with Crippen LogP contribution in [0.3, 0.4) is 0 Å². The number of likely N-dealkylation sites (tertiary alicyclic amines) is 1. The topological polar surface area (TPSA) is 72.4 Å². The molecule has 1 aromatic heterocycles. The standard InChI is InChI=1S/C13H21N3O2/c1-3-9(2)11-6-12(18-15-11)13(17)16-5-4-10(7-14)8-16/h6,9-10H,3-5,7-8,14H2,1-2H3/t9-,10+/m0/s1. The van der Waals surface area contributed by atoms with Crippen molar-refractivity contribution in [2.45, 2.75) is 32.6 Å². The molecule has 0 radical (unpaired) electrons. The minimum Gasteiger partial charge on any atom is -0.351 e. The van der Waals surface area contributed by atoms with E-state index < -0.39 is 0 Å². The summed E-state index contributed by atoms with van der Waals surface area (Å²) in [4.78, 5) is 14.0. The molecule has 0 bridgehead atoms. The molecule has 0 aliphatic carbocycles. The van der Waals surface area contributed by atoms with Gasteiger partial charge in [0.05, 0.1) is 5.69 Å². The third-order valence-electron chi connectivity index (χ3n) is 3.76. The van der Waals surface area contributed by atoms with Gasteiger partial charge >= 0.3 is 0 Å². The Hall–Kier alpha value is -1.36. The monoisotopic (exact) mass is 251 g/mol. The van der Waals surface area contributed by atoms with Crippen LogP contribution in [0.5, 0.6) is 0 Å². The van der Waals surface area contributed by atoms with Crippen LogP contribution in [0, 0.1) is 5.92 Å². The molecule has 0 aromatic carbocycles. The third-order valence-corrected chi connectivity index (χ3v) is 3.76. The molecule has 1 aromatic rings. The van der Waals surface area contributed by atoms with E-state index in [1.807, 2.05) is 0 Å². The fourth-order valence-electron chi connectivity index (χ4n) is 2.20. The molecule has 1 fully saturated rings. The van der Waals surface area contributed by atoms with Gasteiger partial charge < -0.3 is 15.2 Å². The van der Waals surface area contributed by atoms with Crippen LogP contribution >= 0.6 is 0 Å². The van der Waals surface area contributed by atoms with Crippen LogP contribution in [-0.4, -0.2) is 35.6 Å². The molecular weight excluding hydrogens is 230 g/mol. The summed E-state index contributed by atoms with van der Waals surface area (Å²) in [6.45, 7) is 6.30. The summed E-state index contributed by atoms with van der Waals surface area (Å²) in [6.07, 6.45) is 1.97. The Bertz CT molecular complexity index is 416. The zero-order valence-corrected chi connectivity index (χ0v) is 11.1. The van der Waals surface area contributed by atoms with Gasteiger partial charge in [0.15, 0.2) is 0 Å². The quantitative estimate of drug-likeness (QED) is 0.882. The maximum absolute atomic E-state index is 12.2. The SMILES string of the molecule is CC[C@H](C)c1cc(C(=O)N2CC[C@H](CN)C2)on1. The second-order valence-electron chi connectivity index (χ2n) is 5.07. The first-order valence-corrected chi connectivity index (χ1v) is 6.61.